The molecule has 2 aromatic rings. The maximum Gasteiger partial charge on any atom is 0.272 e. The van der Waals surface area contributed by atoms with E-state index in [-0.39, 0.29) is 23.4 Å². The average molecular weight is 363 g/mol. The highest BCUT2D eigenvalue weighted by Gasteiger charge is 2.17. The molecule has 1 aromatic carbocycles. The molecular weight excluding hydrogens is 342 g/mol. The number of nitrogens with one attached hydrogen (secondary N) is 2. The molecule has 2 heterocycles. The molecule has 1 unspecified atom stereocenters. The van der Waals surface area contributed by atoms with E-state index in [0.717, 1.165) is 31.5 Å². The van der Waals surface area contributed by atoms with E-state index in [1.54, 1.807) is 18.2 Å². The highest BCUT2D eigenvalue weighted by Crippen LogP contribution is 2.15. The summed E-state index contributed by atoms with van der Waals surface area (Å²) in [6.45, 7) is 2.16. The van der Waals surface area contributed by atoms with Gasteiger partial charge in [0.1, 0.15) is 5.69 Å². The van der Waals surface area contributed by atoms with Crippen molar-refractivity contribution < 1.29 is 13.2 Å². The molecule has 25 heavy (non-hydrogen) atoms. The Balaban J connectivity index is 1.58. The van der Waals surface area contributed by atoms with E-state index < -0.39 is 10.0 Å². The summed E-state index contributed by atoms with van der Waals surface area (Å²) in [4.78, 5) is 12.3. The molecule has 0 radical (unpaired) electrons. The third-order valence-electron chi connectivity index (χ3n) is 4.19. The Bertz CT molecular complexity index is 839. The first kappa shape index (κ1) is 17.6. The summed E-state index contributed by atoms with van der Waals surface area (Å²) in [5.74, 6) is -0.266. The van der Waals surface area contributed by atoms with Gasteiger partial charge in [-0.1, -0.05) is 12.1 Å². The van der Waals surface area contributed by atoms with Crippen LogP contribution in [0.2, 0.25) is 0 Å². The Morgan fingerprint density at radius 2 is 2.08 bits per heavy atom. The lowest BCUT2D eigenvalue weighted by molar-refractivity contribution is 0.0944. The molecule has 4 N–H and O–H groups in total. The van der Waals surface area contributed by atoms with E-state index in [0.29, 0.717) is 5.69 Å². The smallest absolute Gasteiger partial charge is 0.272 e. The van der Waals surface area contributed by atoms with Crippen molar-refractivity contribution >= 4 is 15.9 Å². The molecule has 8 nitrogen and oxygen atoms in total. The quantitative estimate of drug-likeness (QED) is 0.710. The molecule has 1 aliphatic heterocycles. The van der Waals surface area contributed by atoms with Crippen LogP contribution in [0.1, 0.15) is 34.9 Å². The molecule has 0 saturated carbocycles. The summed E-state index contributed by atoms with van der Waals surface area (Å²) in [5.41, 5.74) is 1.14. The number of nitrogens with two attached hydrogens (primary N) is 1. The number of carbonyl (C=O) groups is 1. The summed E-state index contributed by atoms with van der Waals surface area (Å²) >= 11 is 0. The largest absolute Gasteiger partial charge is 0.347 e. The lowest BCUT2D eigenvalue weighted by atomic mass is 10.1. The standard InChI is InChI=1S/C16H21N5O3S/c17-25(23,24)14-5-3-12(4-6-14)10-19-16(22)15-7-9-21(20-15)13-2-1-8-18-11-13/h3-7,9,13,18H,1-2,8,10-11H2,(H,19,22)(H2,17,23,24). The van der Waals surface area contributed by atoms with Crippen LogP contribution in [0.3, 0.4) is 0 Å². The van der Waals surface area contributed by atoms with E-state index in [9.17, 15) is 13.2 Å². The van der Waals surface area contributed by atoms with Crippen LogP contribution in [0.25, 0.3) is 0 Å². The Hall–Kier alpha value is -2.23. The van der Waals surface area contributed by atoms with Gasteiger partial charge in [0.25, 0.3) is 5.91 Å². The van der Waals surface area contributed by atoms with Crippen molar-refractivity contribution in [1.82, 2.24) is 20.4 Å². The highest BCUT2D eigenvalue weighted by atomic mass is 32.2. The van der Waals surface area contributed by atoms with Crippen LogP contribution in [-0.2, 0) is 16.6 Å². The molecule has 1 amide bonds. The fourth-order valence-electron chi connectivity index (χ4n) is 2.79. The molecule has 3 rings (SSSR count). The topological polar surface area (TPSA) is 119 Å². The van der Waals surface area contributed by atoms with Gasteiger partial charge in [-0.3, -0.25) is 9.48 Å². The monoisotopic (exact) mass is 363 g/mol. The third kappa shape index (κ3) is 4.44. The van der Waals surface area contributed by atoms with E-state index in [1.165, 1.54) is 12.1 Å². The first-order valence-corrected chi connectivity index (χ1v) is 9.64. The van der Waals surface area contributed by atoms with Gasteiger partial charge in [-0.25, -0.2) is 13.6 Å². The highest BCUT2D eigenvalue weighted by molar-refractivity contribution is 7.89. The summed E-state index contributed by atoms with van der Waals surface area (Å²) in [6, 6.07) is 8.05. The van der Waals surface area contributed by atoms with Gasteiger partial charge in [-0.15, -0.1) is 0 Å². The summed E-state index contributed by atoms with van der Waals surface area (Å²) in [7, 11) is -3.71. The number of carbonyl (C=O) groups excluding carboxylic acids is 1. The molecule has 1 aliphatic rings. The third-order valence-corrected chi connectivity index (χ3v) is 5.12. The van der Waals surface area contributed by atoms with Crippen molar-refractivity contribution in [2.45, 2.75) is 30.3 Å². The summed E-state index contributed by atoms with van der Waals surface area (Å²) < 4.78 is 24.3. The van der Waals surface area contributed by atoms with Crippen molar-refractivity contribution in [3.05, 3.63) is 47.8 Å². The van der Waals surface area contributed by atoms with Crippen LogP contribution in [0.4, 0.5) is 0 Å². The van der Waals surface area contributed by atoms with Crippen LogP contribution in [0.5, 0.6) is 0 Å². The van der Waals surface area contributed by atoms with Gasteiger partial charge in [-0.2, -0.15) is 5.10 Å². The molecule has 0 aliphatic carbocycles. The van der Waals surface area contributed by atoms with Gasteiger partial charge >= 0.3 is 0 Å². The zero-order valence-corrected chi connectivity index (χ0v) is 14.5. The second-order valence-corrected chi connectivity index (χ2v) is 7.61. The minimum absolute atomic E-state index is 0.0439. The Labute approximate surface area is 146 Å². The van der Waals surface area contributed by atoms with Gasteiger partial charge in [0.15, 0.2) is 0 Å². The predicted octanol–water partition coefficient (Wildman–Crippen LogP) is 0.385. The van der Waals surface area contributed by atoms with Gasteiger partial charge in [-0.05, 0) is 43.1 Å². The average Bonchev–Trinajstić information content (AvgIpc) is 3.10. The predicted molar refractivity (Wildman–Crippen MR) is 92.4 cm³/mol. The Morgan fingerprint density at radius 3 is 2.72 bits per heavy atom. The number of hydrogen-bond donors (Lipinski definition) is 3. The minimum Gasteiger partial charge on any atom is -0.347 e. The van der Waals surface area contributed by atoms with Crippen molar-refractivity contribution in [3.63, 3.8) is 0 Å². The molecule has 1 saturated heterocycles. The van der Waals surface area contributed by atoms with E-state index in [2.05, 4.69) is 15.7 Å². The minimum atomic E-state index is -3.71. The Kier molecular flexibility index (Phi) is 5.16. The molecule has 0 spiro atoms. The second kappa shape index (κ2) is 7.34. The van der Waals surface area contributed by atoms with Gasteiger partial charge in [0.2, 0.25) is 10.0 Å². The molecule has 9 heteroatoms. The fraction of sp³-hybridized carbons (Fsp3) is 0.375. The van der Waals surface area contributed by atoms with Gasteiger partial charge in [0, 0.05) is 19.3 Å². The zero-order valence-electron chi connectivity index (χ0n) is 13.7. The number of primary sulfonamides is 1. The van der Waals surface area contributed by atoms with Crippen molar-refractivity contribution in [2.75, 3.05) is 13.1 Å². The maximum atomic E-state index is 12.2. The van der Waals surface area contributed by atoms with Crippen LogP contribution >= 0.6 is 0 Å². The molecular formula is C16H21N5O3S. The lowest BCUT2D eigenvalue weighted by Gasteiger charge is -2.22. The number of nitrogens with zero attached hydrogens (tertiary/aromatic N) is 2. The number of hydrogen-bond acceptors (Lipinski definition) is 5. The van der Waals surface area contributed by atoms with E-state index >= 15 is 0 Å². The van der Waals surface area contributed by atoms with Crippen LogP contribution < -0.4 is 15.8 Å². The van der Waals surface area contributed by atoms with Crippen LogP contribution in [-0.4, -0.2) is 37.2 Å². The molecule has 1 fully saturated rings. The first-order valence-electron chi connectivity index (χ1n) is 8.09. The maximum absolute atomic E-state index is 12.2. The van der Waals surface area contributed by atoms with Gasteiger partial charge < -0.3 is 10.6 Å². The lowest BCUT2D eigenvalue weighted by Crippen LogP contribution is -2.32. The molecule has 1 aromatic heterocycles. The van der Waals surface area contributed by atoms with Gasteiger partial charge in [0.05, 0.1) is 10.9 Å². The van der Waals surface area contributed by atoms with Crippen molar-refractivity contribution in [1.29, 1.82) is 0 Å². The fourth-order valence-corrected chi connectivity index (χ4v) is 3.31. The Morgan fingerprint density at radius 1 is 1.32 bits per heavy atom. The van der Waals surface area contributed by atoms with Crippen LogP contribution in [0, 0.1) is 0 Å². The zero-order chi connectivity index (χ0) is 17.9. The first-order chi connectivity index (χ1) is 11.9. The van der Waals surface area contributed by atoms with Crippen molar-refractivity contribution in [2.24, 2.45) is 5.14 Å². The number of piperidine rings is 1. The number of aromatic nitrogens is 2. The second-order valence-electron chi connectivity index (χ2n) is 6.05. The number of amides is 1. The number of sulfonamides is 1. The number of rotatable bonds is 5. The van der Waals surface area contributed by atoms with E-state index in [4.69, 9.17) is 5.14 Å². The number of benzene rings is 1. The van der Waals surface area contributed by atoms with E-state index in [1.807, 2.05) is 10.9 Å². The molecule has 1 atom stereocenters. The normalized spacial score (nSPS) is 18.0. The SMILES string of the molecule is NS(=O)(=O)c1ccc(CNC(=O)c2ccn(C3CCCNC3)n2)cc1. The summed E-state index contributed by atoms with van der Waals surface area (Å²) in [5, 5.41) is 15.5. The summed E-state index contributed by atoms with van der Waals surface area (Å²) in [6.07, 6.45) is 3.97. The van der Waals surface area contributed by atoms with Crippen molar-refractivity contribution in [3.8, 4) is 0 Å². The van der Waals surface area contributed by atoms with Crippen LogP contribution in [0.15, 0.2) is 41.4 Å². The molecule has 0 bridgehead atoms. The molecule has 134 valence electrons.